The molecule has 0 bridgehead atoms. The van der Waals surface area contributed by atoms with Crippen LogP contribution in [0.4, 0.5) is 20.5 Å². The predicted octanol–water partition coefficient (Wildman–Crippen LogP) is 6.22. The molecule has 2 aliphatic rings. The smallest absolute Gasteiger partial charge is 0.296 e. The molecule has 0 amide bonds. The number of nitrogens with zero attached hydrogens (tertiary/aromatic N) is 5. The molecule has 7 nitrogen and oxygen atoms in total. The Hall–Kier alpha value is -3.30. The number of ether oxygens (including phenoxy) is 1. The van der Waals surface area contributed by atoms with E-state index >= 15 is 0 Å². The molecular weight excluding hydrogens is 522 g/mol. The Morgan fingerprint density at radius 2 is 1.69 bits per heavy atom. The van der Waals surface area contributed by atoms with E-state index < -0.39 is 6.43 Å². The largest absolute Gasteiger partial charge is 0.378 e. The lowest BCUT2D eigenvalue weighted by Crippen LogP contribution is -2.38. The Balaban J connectivity index is 0.00000308. The van der Waals surface area contributed by atoms with Gasteiger partial charge in [0.05, 0.1) is 24.2 Å². The summed E-state index contributed by atoms with van der Waals surface area (Å²) in [5.74, 6) is 1.95. The molecule has 0 spiro atoms. The fraction of sp³-hybridized carbons (Fsp3) is 0.414. The topological polar surface area (TPSA) is 68.1 Å². The van der Waals surface area contributed by atoms with E-state index in [0.29, 0.717) is 66.9 Å². The number of para-hydroxylation sites is 2. The molecule has 2 aromatic carbocycles. The van der Waals surface area contributed by atoms with Gasteiger partial charge in [-0.05, 0) is 55.7 Å². The lowest BCUT2D eigenvalue weighted by molar-refractivity contribution is 0.122. The van der Waals surface area contributed by atoms with Gasteiger partial charge in [-0.15, -0.1) is 12.4 Å². The summed E-state index contributed by atoms with van der Waals surface area (Å²) in [5, 5.41) is 3.56. The minimum Gasteiger partial charge on any atom is -0.378 e. The summed E-state index contributed by atoms with van der Waals surface area (Å²) >= 11 is 0. The number of anilines is 2. The van der Waals surface area contributed by atoms with Gasteiger partial charge in [-0.25, -0.2) is 13.8 Å². The quantitative estimate of drug-likeness (QED) is 0.265. The zero-order valence-corrected chi connectivity index (χ0v) is 22.5. The Labute approximate surface area is 233 Å². The molecule has 1 aliphatic heterocycles. The third kappa shape index (κ3) is 6.15. The van der Waals surface area contributed by atoms with Crippen molar-refractivity contribution in [1.82, 2.24) is 19.5 Å². The molecule has 3 heterocycles. The highest BCUT2D eigenvalue weighted by atomic mass is 35.5. The maximum Gasteiger partial charge on any atom is 0.296 e. The first-order valence-corrected chi connectivity index (χ1v) is 13.4. The van der Waals surface area contributed by atoms with Crippen LogP contribution in [0.1, 0.15) is 43.5 Å². The van der Waals surface area contributed by atoms with E-state index in [4.69, 9.17) is 14.7 Å². The predicted molar refractivity (Wildman–Crippen MR) is 151 cm³/mol. The number of fused-ring (bicyclic) bond motifs is 1. The van der Waals surface area contributed by atoms with Crippen molar-refractivity contribution in [2.45, 2.75) is 44.6 Å². The highest BCUT2D eigenvalue weighted by Crippen LogP contribution is 2.35. The van der Waals surface area contributed by atoms with Gasteiger partial charge in [0.2, 0.25) is 5.95 Å². The van der Waals surface area contributed by atoms with Crippen LogP contribution in [0.5, 0.6) is 0 Å². The van der Waals surface area contributed by atoms with Crippen LogP contribution < -0.4 is 10.2 Å². The van der Waals surface area contributed by atoms with Crippen molar-refractivity contribution < 1.29 is 13.5 Å². The van der Waals surface area contributed by atoms with Crippen LogP contribution >= 0.6 is 12.4 Å². The van der Waals surface area contributed by atoms with E-state index in [-0.39, 0.29) is 18.2 Å². The normalized spacial score (nSPS) is 19.1. The number of imidazole rings is 1. The third-order valence-corrected chi connectivity index (χ3v) is 7.51. The molecule has 0 unspecified atom stereocenters. The van der Waals surface area contributed by atoms with Gasteiger partial charge in [0.25, 0.3) is 6.43 Å². The van der Waals surface area contributed by atoms with E-state index in [9.17, 15) is 8.78 Å². The van der Waals surface area contributed by atoms with Crippen LogP contribution in [-0.4, -0.2) is 51.9 Å². The Kier molecular flexibility index (Phi) is 8.57. The number of alkyl halides is 2. The number of hydrogen-bond acceptors (Lipinski definition) is 6. The summed E-state index contributed by atoms with van der Waals surface area (Å²) in [4.78, 5) is 15.8. The molecule has 0 atom stereocenters. The van der Waals surface area contributed by atoms with Crippen molar-refractivity contribution in [3.05, 3.63) is 72.1 Å². The summed E-state index contributed by atoms with van der Waals surface area (Å²) in [6, 6.07) is 19.9. The molecule has 39 heavy (non-hydrogen) atoms. The van der Waals surface area contributed by atoms with Gasteiger partial charge >= 0.3 is 0 Å². The minimum absolute atomic E-state index is 0. The van der Waals surface area contributed by atoms with E-state index in [1.807, 2.05) is 11.0 Å². The summed E-state index contributed by atoms with van der Waals surface area (Å²) in [5.41, 5.74) is 2.50. The second-order valence-electron chi connectivity index (χ2n) is 10.2. The van der Waals surface area contributed by atoms with Gasteiger partial charge in [0, 0.05) is 25.2 Å². The van der Waals surface area contributed by atoms with Gasteiger partial charge in [0.15, 0.2) is 5.82 Å². The van der Waals surface area contributed by atoms with Crippen molar-refractivity contribution in [2.75, 3.05) is 36.5 Å². The lowest BCUT2D eigenvalue weighted by Gasteiger charge is -2.36. The third-order valence-electron chi connectivity index (χ3n) is 7.51. The van der Waals surface area contributed by atoms with Crippen molar-refractivity contribution >= 4 is 35.2 Å². The molecule has 206 valence electrons. The summed E-state index contributed by atoms with van der Waals surface area (Å²) in [6.07, 6.45) is 2.93. The Morgan fingerprint density at radius 1 is 0.949 bits per heavy atom. The molecule has 10 heteroatoms. The van der Waals surface area contributed by atoms with E-state index in [1.54, 1.807) is 24.3 Å². The van der Waals surface area contributed by atoms with Crippen molar-refractivity contribution in [3.63, 3.8) is 0 Å². The number of rotatable bonds is 9. The maximum atomic E-state index is 14.1. The Morgan fingerprint density at radius 3 is 2.46 bits per heavy atom. The highest BCUT2D eigenvalue weighted by molar-refractivity contribution is 5.85. The second-order valence-corrected chi connectivity index (χ2v) is 10.2. The van der Waals surface area contributed by atoms with Crippen molar-refractivity contribution in [1.29, 1.82) is 0 Å². The van der Waals surface area contributed by atoms with Gasteiger partial charge < -0.3 is 15.0 Å². The summed E-state index contributed by atoms with van der Waals surface area (Å²) in [6.45, 7) is 2.48. The molecule has 1 saturated carbocycles. The number of hydrogen-bond donors (Lipinski definition) is 1. The number of aromatic nitrogens is 4. The number of morpholine rings is 1. The van der Waals surface area contributed by atoms with Crippen LogP contribution in [0.15, 0.2) is 60.7 Å². The molecule has 1 N–H and O–H groups in total. The first-order valence-electron chi connectivity index (χ1n) is 13.4. The molecular formula is C29H33ClF2N6O. The first kappa shape index (κ1) is 27.3. The average Bonchev–Trinajstić information content (AvgIpc) is 3.33. The van der Waals surface area contributed by atoms with Crippen LogP contribution in [0, 0.1) is 5.92 Å². The zero-order chi connectivity index (χ0) is 25.9. The monoisotopic (exact) mass is 554 g/mol. The SMILES string of the molecule is Cl.FC(F)c1nc2ccccc2n1-c1cc(NC2CC(CCCc3ccccc3)C2)nc(N2CCOCC2)n1. The van der Waals surface area contributed by atoms with Crippen molar-refractivity contribution in [2.24, 2.45) is 5.92 Å². The molecule has 1 saturated heterocycles. The van der Waals surface area contributed by atoms with Gasteiger partial charge in [-0.2, -0.15) is 9.97 Å². The molecule has 4 aromatic rings. The fourth-order valence-electron chi connectivity index (χ4n) is 5.48. The molecule has 1 aliphatic carbocycles. The van der Waals surface area contributed by atoms with Gasteiger partial charge in [-0.1, -0.05) is 42.5 Å². The first-order chi connectivity index (χ1) is 18.6. The molecule has 2 fully saturated rings. The molecule has 2 aromatic heterocycles. The van der Waals surface area contributed by atoms with E-state index in [1.165, 1.54) is 23.0 Å². The van der Waals surface area contributed by atoms with Gasteiger partial charge in [0.1, 0.15) is 11.6 Å². The zero-order valence-electron chi connectivity index (χ0n) is 21.7. The maximum absolute atomic E-state index is 14.1. The standard InChI is InChI=1S/C29H32F2N6O.ClH/c30-27(31)28-33-23-11-4-5-12-24(23)37(28)26-19-25(34-29(35-26)36-13-15-38-16-14-36)32-22-17-21(18-22)10-6-9-20-7-2-1-3-8-20;/h1-5,7-8,11-12,19,21-22,27H,6,9-10,13-18H2,(H,32,34,35);1H. The van der Waals surface area contributed by atoms with E-state index in [0.717, 1.165) is 19.3 Å². The number of halogens is 3. The highest BCUT2D eigenvalue weighted by Gasteiger charge is 2.30. The summed E-state index contributed by atoms with van der Waals surface area (Å²) in [7, 11) is 0. The van der Waals surface area contributed by atoms with Crippen LogP contribution in [-0.2, 0) is 11.2 Å². The number of benzene rings is 2. The Bertz CT molecular complexity index is 1370. The van der Waals surface area contributed by atoms with E-state index in [2.05, 4.69) is 40.6 Å². The van der Waals surface area contributed by atoms with Gasteiger partial charge in [-0.3, -0.25) is 4.57 Å². The van der Waals surface area contributed by atoms with Crippen molar-refractivity contribution in [3.8, 4) is 5.82 Å². The minimum atomic E-state index is -2.73. The summed E-state index contributed by atoms with van der Waals surface area (Å²) < 4.78 is 35.1. The van der Waals surface area contributed by atoms with Crippen LogP contribution in [0.3, 0.4) is 0 Å². The van der Waals surface area contributed by atoms with Crippen LogP contribution in [0.25, 0.3) is 16.9 Å². The lowest BCUT2D eigenvalue weighted by atomic mass is 9.77. The van der Waals surface area contributed by atoms with Crippen LogP contribution in [0.2, 0.25) is 0 Å². The number of nitrogens with one attached hydrogen (secondary N) is 1. The number of aryl methyl sites for hydroxylation is 1. The average molecular weight is 555 g/mol. The second kappa shape index (κ2) is 12.3. The fourth-order valence-corrected chi connectivity index (χ4v) is 5.48. The molecule has 0 radical (unpaired) electrons. The molecule has 6 rings (SSSR count).